The molecule has 3 aromatic rings. The predicted molar refractivity (Wildman–Crippen MR) is 136 cm³/mol. The lowest BCUT2D eigenvalue weighted by Crippen LogP contribution is -2.37. The van der Waals surface area contributed by atoms with E-state index in [1.807, 2.05) is 18.2 Å². The fourth-order valence-electron chi connectivity index (χ4n) is 5.49. The average molecular weight is 560 g/mol. The van der Waals surface area contributed by atoms with Crippen molar-refractivity contribution in [3.8, 4) is 11.8 Å². The molecule has 2 bridgehead atoms. The molecule has 0 heterocycles. The minimum absolute atomic E-state index is 0.106. The summed E-state index contributed by atoms with van der Waals surface area (Å²) >= 11 is 6.27. The molecule has 5 nitrogen and oxygen atoms in total. The Morgan fingerprint density at radius 1 is 1.03 bits per heavy atom. The normalized spacial score (nSPS) is 24.1. The van der Waals surface area contributed by atoms with Crippen LogP contribution in [-0.2, 0) is 9.84 Å². The van der Waals surface area contributed by atoms with Crippen LogP contribution in [-0.4, -0.2) is 30.3 Å². The van der Waals surface area contributed by atoms with Crippen molar-refractivity contribution in [3.05, 3.63) is 94.3 Å². The number of hydrogen-bond acceptors (Lipinski definition) is 4. The molecule has 2 aliphatic rings. The first-order chi connectivity index (χ1) is 18.0. The second-order valence-corrected chi connectivity index (χ2v) is 12.0. The molecule has 2 saturated carbocycles. The zero-order chi connectivity index (χ0) is 27.2. The Morgan fingerprint density at radius 2 is 1.71 bits per heavy atom. The van der Waals surface area contributed by atoms with E-state index in [4.69, 9.17) is 11.6 Å². The van der Waals surface area contributed by atoms with E-state index >= 15 is 0 Å². The van der Waals surface area contributed by atoms with E-state index in [9.17, 15) is 31.5 Å². The van der Waals surface area contributed by atoms with Crippen molar-refractivity contribution in [2.45, 2.75) is 35.0 Å². The molecule has 1 amide bonds. The van der Waals surface area contributed by atoms with Crippen molar-refractivity contribution < 1.29 is 31.5 Å². The maximum Gasteiger partial charge on any atom is 0.255 e. The maximum atomic E-state index is 13.8. The largest absolute Gasteiger partial charge is 0.377 e. The molecule has 3 aromatic carbocycles. The van der Waals surface area contributed by atoms with E-state index in [-0.39, 0.29) is 33.5 Å². The topological polar surface area (TPSA) is 83.5 Å². The number of sulfone groups is 1. The summed E-state index contributed by atoms with van der Waals surface area (Å²) in [4.78, 5) is 12.5. The van der Waals surface area contributed by atoms with E-state index in [1.165, 1.54) is 12.1 Å². The number of halogens is 4. The molecule has 0 radical (unpaired) electrons. The van der Waals surface area contributed by atoms with E-state index in [2.05, 4.69) is 17.2 Å². The Balaban J connectivity index is 1.43. The van der Waals surface area contributed by atoms with E-state index in [1.54, 1.807) is 12.1 Å². The summed E-state index contributed by atoms with van der Waals surface area (Å²) in [5.41, 5.74) is -1.27. The minimum Gasteiger partial charge on any atom is -0.377 e. The van der Waals surface area contributed by atoms with Crippen LogP contribution in [0, 0.1) is 41.1 Å². The molecule has 0 aliphatic heterocycles. The summed E-state index contributed by atoms with van der Waals surface area (Å²) < 4.78 is 68.0. The van der Waals surface area contributed by atoms with Crippen molar-refractivity contribution in [2.75, 3.05) is 5.32 Å². The number of aliphatic hydroxyl groups is 1. The van der Waals surface area contributed by atoms with Gasteiger partial charge in [0, 0.05) is 34.9 Å². The molecule has 10 heteroatoms. The van der Waals surface area contributed by atoms with Crippen LogP contribution in [0.1, 0.15) is 35.2 Å². The molecule has 196 valence electrons. The van der Waals surface area contributed by atoms with Gasteiger partial charge in [0.15, 0.2) is 27.3 Å². The molecule has 0 saturated heterocycles. The van der Waals surface area contributed by atoms with Gasteiger partial charge in [-0.1, -0.05) is 41.6 Å². The van der Waals surface area contributed by atoms with Gasteiger partial charge < -0.3 is 10.4 Å². The van der Waals surface area contributed by atoms with E-state index in [0.717, 1.165) is 6.07 Å². The number of anilines is 1. The van der Waals surface area contributed by atoms with Gasteiger partial charge in [-0.15, -0.1) is 0 Å². The highest BCUT2D eigenvalue weighted by atomic mass is 35.5. The molecule has 38 heavy (non-hydrogen) atoms. The minimum atomic E-state index is -4.12. The third-order valence-electron chi connectivity index (χ3n) is 7.19. The molecule has 1 unspecified atom stereocenters. The van der Waals surface area contributed by atoms with Gasteiger partial charge in [-0.25, -0.2) is 21.6 Å². The molecule has 2 N–H and O–H groups in total. The van der Waals surface area contributed by atoms with Crippen molar-refractivity contribution in [1.82, 2.24) is 0 Å². The Kier molecular flexibility index (Phi) is 6.76. The molecule has 5 rings (SSSR count). The summed E-state index contributed by atoms with van der Waals surface area (Å²) in [7, 11) is -4.12. The van der Waals surface area contributed by atoms with Gasteiger partial charge in [-0.3, -0.25) is 4.79 Å². The summed E-state index contributed by atoms with van der Waals surface area (Å²) in [6.45, 7) is 0. The van der Waals surface area contributed by atoms with Crippen molar-refractivity contribution >= 4 is 33.0 Å². The first-order valence-electron chi connectivity index (χ1n) is 11.8. The highest BCUT2D eigenvalue weighted by molar-refractivity contribution is 7.92. The number of nitrogens with one attached hydrogen (secondary N) is 1. The second-order valence-electron chi connectivity index (χ2n) is 9.55. The highest BCUT2D eigenvalue weighted by Crippen LogP contribution is 2.55. The summed E-state index contributed by atoms with van der Waals surface area (Å²) in [5, 5.41) is 12.5. The summed E-state index contributed by atoms with van der Waals surface area (Å²) in [6, 6.07) is 13.9. The number of benzene rings is 3. The van der Waals surface area contributed by atoms with Crippen LogP contribution in [0.15, 0.2) is 65.6 Å². The summed E-state index contributed by atoms with van der Waals surface area (Å²) in [6.07, 6.45) is 1.26. The lowest BCUT2D eigenvalue weighted by Gasteiger charge is -2.27. The third-order valence-corrected chi connectivity index (χ3v) is 10.0. The van der Waals surface area contributed by atoms with Crippen LogP contribution in [0.5, 0.6) is 0 Å². The first kappa shape index (κ1) is 26.3. The molecule has 2 fully saturated rings. The molecule has 0 aromatic heterocycles. The van der Waals surface area contributed by atoms with Gasteiger partial charge in [0.2, 0.25) is 0 Å². The monoisotopic (exact) mass is 559 g/mol. The zero-order valence-electron chi connectivity index (χ0n) is 19.7. The quantitative estimate of drug-likeness (QED) is 0.333. The van der Waals surface area contributed by atoms with Crippen LogP contribution >= 0.6 is 11.6 Å². The van der Waals surface area contributed by atoms with Gasteiger partial charge >= 0.3 is 0 Å². The third kappa shape index (κ3) is 4.68. The Hall–Kier alpha value is -3.32. The Bertz CT molecular complexity index is 1580. The molecule has 2 aliphatic carbocycles. The van der Waals surface area contributed by atoms with Crippen molar-refractivity contribution in [2.24, 2.45) is 11.8 Å². The standard InChI is InChI=1S/C28H21ClF3NO4S/c29-21-9-7-17(27(34)33-19-13-22(30)25(32)23(31)14-19)12-24(21)38(36,37)26-18-6-8-20(26)28(35,15-18)11-10-16-4-2-1-3-5-16/h1-5,7,9,12-14,18,20,26,35H,6,8,15H2,(H,33,34)/t18?,20-,26-,28+/m1/s1. The summed E-state index contributed by atoms with van der Waals surface area (Å²) in [5.74, 6) is -0.675. The van der Waals surface area contributed by atoms with Crippen LogP contribution in [0.2, 0.25) is 5.02 Å². The second kappa shape index (κ2) is 9.77. The SMILES string of the molecule is O=C(Nc1cc(F)c(F)c(F)c1)c1ccc(Cl)c(S(=O)(=O)[C@@H]2C3CC[C@H]2[C@](O)(C#Cc2ccccc2)C3)c1. The van der Waals surface area contributed by atoms with Gasteiger partial charge in [0.05, 0.1) is 15.2 Å². The lowest BCUT2D eigenvalue weighted by molar-refractivity contribution is 0.0440. The van der Waals surface area contributed by atoms with Crippen LogP contribution < -0.4 is 5.32 Å². The van der Waals surface area contributed by atoms with E-state index in [0.29, 0.717) is 30.5 Å². The molecular formula is C28H21ClF3NO4S. The Labute approximate surface area is 222 Å². The van der Waals surface area contributed by atoms with Gasteiger partial charge in [-0.05, 0) is 55.5 Å². The zero-order valence-corrected chi connectivity index (χ0v) is 21.3. The van der Waals surface area contributed by atoms with Gasteiger partial charge in [0.1, 0.15) is 5.60 Å². The molecule has 0 spiro atoms. The smallest absolute Gasteiger partial charge is 0.255 e. The number of fused-ring (bicyclic) bond motifs is 2. The lowest BCUT2D eigenvalue weighted by atomic mass is 9.84. The van der Waals surface area contributed by atoms with Crippen LogP contribution in [0.3, 0.4) is 0 Å². The van der Waals surface area contributed by atoms with Crippen LogP contribution in [0.25, 0.3) is 0 Å². The number of rotatable bonds is 4. The van der Waals surface area contributed by atoms with Gasteiger partial charge in [0.25, 0.3) is 5.91 Å². The average Bonchev–Trinajstić information content (AvgIpc) is 3.43. The maximum absolute atomic E-state index is 13.8. The molecular weight excluding hydrogens is 539 g/mol. The number of carbonyl (C=O) groups is 1. The van der Waals surface area contributed by atoms with E-state index < -0.39 is 50.0 Å². The fraction of sp³-hybridized carbons (Fsp3) is 0.250. The fourth-order valence-corrected chi connectivity index (χ4v) is 8.38. The highest BCUT2D eigenvalue weighted by Gasteiger charge is 2.61. The number of amides is 1. The van der Waals surface area contributed by atoms with Crippen LogP contribution in [0.4, 0.5) is 18.9 Å². The van der Waals surface area contributed by atoms with Crippen molar-refractivity contribution in [1.29, 1.82) is 0 Å². The van der Waals surface area contributed by atoms with Crippen molar-refractivity contribution in [3.63, 3.8) is 0 Å². The number of hydrogen-bond donors (Lipinski definition) is 2. The number of carbonyl (C=O) groups excluding carboxylic acids is 1. The Morgan fingerprint density at radius 3 is 2.39 bits per heavy atom. The van der Waals surface area contributed by atoms with Gasteiger partial charge in [-0.2, -0.15) is 0 Å². The first-order valence-corrected chi connectivity index (χ1v) is 13.7. The molecule has 4 atom stereocenters. The predicted octanol–water partition coefficient (Wildman–Crippen LogP) is 5.36.